The first-order chi connectivity index (χ1) is 17.9. The Hall–Kier alpha value is -1.25. The summed E-state index contributed by atoms with van der Waals surface area (Å²) in [5.74, 6) is -3.19. The average Bonchev–Trinajstić information content (AvgIpc) is 2.89. The SMILES string of the molecule is CO[C@@H](C)CNc1cc(Br)ccc1N.CO[C@@H](C)CNc1cc(Br)ccc1NC(=O)C1CCC(F)(F)CC1.S.S. The van der Waals surface area contributed by atoms with Crippen LogP contribution in [-0.4, -0.2) is 51.3 Å². The molecular formula is C27H42Br2F2N4O3S2. The number of rotatable bonds is 10. The fourth-order valence-corrected chi connectivity index (χ4v) is 4.39. The summed E-state index contributed by atoms with van der Waals surface area (Å²) in [6, 6.07) is 11.2. The summed E-state index contributed by atoms with van der Waals surface area (Å²) < 4.78 is 38.7. The Morgan fingerprint density at radius 2 is 1.40 bits per heavy atom. The lowest BCUT2D eigenvalue weighted by molar-refractivity contribution is -0.124. The summed E-state index contributed by atoms with van der Waals surface area (Å²) in [6.45, 7) is 5.27. The van der Waals surface area contributed by atoms with E-state index >= 15 is 0 Å². The van der Waals surface area contributed by atoms with Crippen molar-refractivity contribution in [2.75, 3.05) is 49.0 Å². The summed E-state index contributed by atoms with van der Waals surface area (Å²) in [5, 5.41) is 9.33. The van der Waals surface area contributed by atoms with Crippen molar-refractivity contribution in [3.8, 4) is 0 Å². The molecule has 1 aliphatic rings. The predicted octanol–water partition coefficient (Wildman–Crippen LogP) is 7.36. The van der Waals surface area contributed by atoms with Crippen LogP contribution in [0.15, 0.2) is 45.3 Å². The van der Waals surface area contributed by atoms with E-state index in [1.165, 1.54) is 0 Å². The lowest BCUT2D eigenvalue weighted by Crippen LogP contribution is -2.32. The Morgan fingerprint density at radius 1 is 0.925 bits per heavy atom. The van der Waals surface area contributed by atoms with E-state index in [0.717, 1.165) is 32.6 Å². The normalized spacial score (nSPS) is 15.7. The fraction of sp³-hybridized carbons (Fsp3) is 0.519. The van der Waals surface area contributed by atoms with E-state index in [4.69, 9.17) is 15.2 Å². The molecule has 0 aliphatic heterocycles. The van der Waals surface area contributed by atoms with E-state index in [0.29, 0.717) is 12.2 Å². The van der Waals surface area contributed by atoms with Crippen LogP contribution in [0.1, 0.15) is 39.5 Å². The quantitative estimate of drug-likeness (QED) is 0.191. The maximum absolute atomic E-state index is 13.2. The number of methoxy groups -OCH3 is 2. The lowest BCUT2D eigenvalue weighted by atomic mass is 9.86. The summed E-state index contributed by atoms with van der Waals surface area (Å²) >= 11 is 6.80. The van der Waals surface area contributed by atoms with Crippen LogP contribution in [0.5, 0.6) is 0 Å². The number of nitrogens with one attached hydrogen (secondary N) is 3. The van der Waals surface area contributed by atoms with Crippen molar-refractivity contribution in [1.29, 1.82) is 0 Å². The number of benzene rings is 2. The van der Waals surface area contributed by atoms with Gasteiger partial charge in [-0.2, -0.15) is 27.0 Å². The summed E-state index contributed by atoms with van der Waals surface area (Å²) in [6.07, 6.45) is 0.197. The molecule has 5 N–H and O–H groups in total. The average molecular weight is 733 g/mol. The molecule has 228 valence electrons. The van der Waals surface area contributed by atoms with E-state index in [-0.39, 0.29) is 76.7 Å². The number of carbonyl (C=O) groups excluding carboxylic acids is 1. The van der Waals surface area contributed by atoms with Gasteiger partial charge in [0.25, 0.3) is 0 Å². The van der Waals surface area contributed by atoms with Crippen molar-refractivity contribution >= 4 is 87.5 Å². The van der Waals surface area contributed by atoms with Gasteiger partial charge in [-0.1, -0.05) is 31.9 Å². The molecule has 0 saturated heterocycles. The molecule has 3 rings (SSSR count). The Bertz CT molecular complexity index is 1050. The monoisotopic (exact) mass is 730 g/mol. The molecule has 0 bridgehead atoms. The molecule has 2 aromatic rings. The second kappa shape index (κ2) is 19.0. The van der Waals surface area contributed by atoms with Crippen molar-refractivity contribution < 1.29 is 23.0 Å². The number of hydrogen-bond donors (Lipinski definition) is 4. The zero-order chi connectivity index (χ0) is 28.3. The Morgan fingerprint density at radius 3 is 1.93 bits per heavy atom. The van der Waals surface area contributed by atoms with E-state index in [2.05, 4.69) is 47.8 Å². The number of ether oxygens (including phenoxy) is 2. The molecule has 1 aliphatic carbocycles. The summed E-state index contributed by atoms with van der Waals surface area (Å²) in [7, 11) is 3.32. The van der Waals surface area contributed by atoms with E-state index < -0.39 is 5.92 Å². The number of anilines is 4. The first kappa shape index (κ1) is 38.8. The second-order valence-electron chi connectivity index (χ2n) is 9.40. The molecule has 0 spiro atoms. The minimum atomic E-state index is -2.63. The summed E-state index contributed by atoms with van der Waals surface area (Å²) in [5.41, 5.74) is 8.88. The number of nitrogens with two attached hydrogens (primary N) is 1. The molecule has 0 aromatic heterocycles. The van der Waals surface area contributed by atoms with E-state index in [1.807, 2.05) is 44.2 Å². The highest BCUT2D eigenvalue weighted by Crippen LogP contribution is 2.37. The lowest BCUT2D eigenvalue weighted by Gasteiger charge is -2.27. The molecule has 40 heavy (non-hydrogen) atoms. The number of amides is 1. The standard InChI is InChI=1S/C17H23BrF2N2O2.C10H15BrN2O.2H2S/c1-11(24-2)10-21-15-9-13(18)3-4-14(15)22-16(23)12-5-7-17(19,20)8-6-12;1-7(14-2)6-13-10-5-8(11)3-4-9(10)12;;/h3-4,9,11-12,21H,5-8,10H2,1-2H3,(H,22,23);3-5,7,13H,6,12H2,1-2H3;2*1H2/t11-;7-;;/m00../s1. The topological polar surface area (TPSA) is 97.6 Å². The number of nitrogen functional groups attached to an aromatic ring is 1. The molecule has 2 aromatic carbocycles. The van der Waals surface area contributed by atoms with Crippen LogP contribution in [0.25, 0.3) is 0 Å². The van der Waals surface area contributed by atoms with Crippen LogP contribution < -0.4 is 21.7 Å². The highest BCUT2D eigenvalue weighted by molar-refractivity contribution is 9.10. The van der Waals surface area contributed by atoms with Crippen LogP contribution in [0.3, 0.4) is 0 Å². The van der Waals surface area contributed by atoms with Crippen molar-refractivity contribution in [2.24, 2.45) is 5.92 Å². The Balaban J connectivity index is 0.000000819. The van der Waals surface area contributed by atoms with Gasteiger partial charge < -0.3 is 31.2 Å². The largest absolute Gasteiger partial charge is 0.397 e. The van der Waals surface area contributed by atoms with Gasteiger partial charge in [0, 0.05) is 55.0 Å². The van der Waals surface area contributed by atoms with Crippen LogP contribution >= 0.6 is 58.9 Å². The molecule has 0 unspecified atom stereocenters. The Labute approximate surface area is 267 Å². The molecule has 1 saturated carbocycles. The Kier molecular flexibility index (Phi) is 18.4. The van der Waals surface area contributed by atoms with Gasteiger partial charge >= 0.3 is 0 Å². The minimum absolute atomic E-state index is 0. The molecule has 1 amide bonds. The first-order valence-electron chi connectivity index (χ1n) is 12.5. The van der Waals surface area contributed by atoms with Crippen molar-refractivity contribution in [1.82, 2.24) is 0 Å². The van der Waals surface area contributed by atoms with Gasteiger partial charge in [0.1, 0.15) is 0 Å². The smallest absolute Gasteiger partial charge is 0.248 e. The number of hydrogen-bond acceptors (Lipinski definition) is 6. The van der Waals surface area contributed by atoms with E-state index in [1.54, 1.807) is 20.3 Å². The zero-order valence-corrected chi connectivity index (χ0v) is 28.4. The first-order valence-corrected chi connectivity index (χ1v) is 14.1. The van der Waals surface area contributed by atoms with Crippen LogP contribution in [-0.2, 0) is 14.3 Å². The van der Waals surface area contributed by atoms with Gasteiger partial charge in [-0.05, 0) is 63.1 Å². The molecule has 13 heteroatoms. The molecular weight excluding hydrogens is 690 g/mol. The molecule has 1 fully saturated rings. The van der Waals surface area contributed by atoms with Gasteiger partial charge in [0.2, 0.25) is 11.8 Å². The van der Waals surface area contributed by atoms with Crippen LogP contribution in [0.2, 0.25) is 0 Å². The number of halogens is 4. The van der Waals surface area contributed by atoms with Gasteiger partial charge in [-0.3, -0.25) is 4.79 Å². The summed E-state index contributed by atoms with van der Waals surface area (Å²) in [4.78, 5) is 12.4. The highest BCUT2D eigenvalue weighted by Gasteiger charge is 2.37. The second-order valence-corrected chi connectivity index (χ2v) is 11.2. The molecule has 2 atom stereocenters. The molecule has 0 heterocycles. The zero-order valence-electron chi connectivity index (χ0n) is 23.3. The molecule has 0 radical (unpaired) electrons. The van der Waals surface area contributed by atoms with E-state index in [9.17, 15) is 13.6 Å². The van der Waals surface area contributed by atoms with Gasteiger partial charge in [0.05, 0.1) is 35.0 Å². The number of carbonyl (C=O) groups is 1. The maximum Gasteiger partial charge on any atom is 0.248 e. The van der Waals surface area contributed by atoms with Gasteiger partial charge in [0.15, 0.2) is 0 Å². The third-order valence-corrected chi connectivity index (χ3v) is 7.29. The van der Waals surface area contributed by atoms with Gasteiger partial charge in [-0.25, -0.2) is 8.78 Å². The molecule has 7 nitrogen and oxygen atoms in total. The van der Waals surface area contributed by atoms with Crippen molar-refractivity contribution in [3.05, 3.63) is 45.3 Å². The number of alkyl halides is 2. The minimum Gasteiger partial charge on any atom is -0.397 e. The third kappa shape index (κ3) is 13.6. The maximum atomic E-state index is 13.2. The van der Waals surface area contributed by atoms with Crippen LogP contribution in [0, 0.1) is 5.92 Å². The van der Waals surface area contributed by atoms with Crippen LogP contribution in [0.4, 0.5) is 31.5 Å². The highest BCUT2D eigenvalue weighted by atomic mass is 79.9. The van der Waals surface area contributed by atoms with Crippen molar-refractivity contribution in [3.63, 3.8) is 0 Å². The predicted molar refractivity (Wildman–Crippen MR) is 179 cm³/mol. The van der Waals surface area contributed by atoms with Crippen molar-refractivity contribution in [2.45, 2.75) is 57.7 Å². The fourth-order valence-electron chi connectivity index (χ4n) is 3.66. The third-order valence-electron chi connectivity index (χ3n) is 6.31. The van der Waals surface area contributed by atoms with Gasteiger partial charge in [-0.15, -0.1) is 0 Å².